The number of aryl methyl sites for hydroxylation is 1. The minimum absolute atomic E-state index is 0.502. The van der Waals surface area contributed by atoms with E-state index in [1.807, 2.05) is 36.5 Å². The van der Waals surface area contributed by atoms with E-state index in [0.717, 1.165) is 64.4 Å². The summed E-state index contributed by atoms with van der Waals surface area (Å²) in [6.45, 7) is 5.27. The fourth-order valence-corrected chi connectivity index (χ4v) is 4.58. The molecule has 0 saturated carbocycles. The second-order valence-electron chi connectivity index (χ2n) is 8.79. The Morgan fingerprint density at radius 2 is 1.97 bits per heavy atom. The first kappa shape index (κ1) is 21.9. The molecule has 1 aliphatic heterocycles. The van der Waals surface area contributed by atoms with Crippen molar-refractivity contribution in [2.75, 3.05) is 18.4 Å². The first-order chi connectivity index (χ1) is 16.7. The summed E-state index contributed by atoms with van der Waals surface area (Å²) in [5, 5.41) is 14.4. The summed E-state index contributed by atoms with van der Waals surface area (Å²) in [4.78, 5) is 14.8. The second kappa shape index (κ2) is 9.90. The molecule has 1 fully saturated rings. The normalized spacial score (nSPS) is 14.5. The number of hydrogen-bond acceptors (Lipinski definition) is 5. The molecule has 2 N–H and O–H groups in total. The topological polar surface area (TPSA) is 80.6 Å². The number of fused-ring (bicyclic) bond motifs is 1. The summed E-state index contributed by atoms with van der Waals surface area (Å²) in [7, 11) is 0. The van der Waals surface area contributed by atoms with Crippen LogP contribution in [0, 0.1) is 18.3 Å². The number of aromatic nitrogens is 3. The van der Waals surface area contributed by atoms with Gasteiger partial charge in [0.2, 0.25) is 0 Å². The molecular weight excluding hydrogens is 420 g/mol. The van der Waals surface area contributed by atoms with E-state index in [9.17, 15) is 5.26 Å². The van der Waals surface area contributed by atoms with E-state index in [4.69, 9.17) is 4.98 Å². The lowest BCUT2D eigenvalue weighted by Gasteiger charge is -2.25. The number of nitriles is 1. The van der Waals surface area contributed by atoms with Crippen LogP contribution in [0.15, 0.2) is 55.0 Å². The third kappa shape index (κ3) is 4.70. The van der Waals surface area contributed by atoms with Gasteiger partial charge in [-0.05, 0) is 80.9 Å². The van der Waals surface area contributed by atoms with Crippen molar-refractivity contribution in [2.24, 2.45) is 0 Å². The monoisotopic (exact) mass is 448 g/mol. The zero-order chi connectivity index (χ0) is 23.3. The van der Waals surface area contributed by atoms with Crippen molar-refractivity contribution in [2.45, 2.75) is 32.7 Å². The highest BCUT2D eigenvalue weighted by Gasteiger charge is 2.12. The molecule has 0 unspecified atom stereocenters. The molecule has 0 radical (unpaired) electrons. The van der Waals surface area contributed by atoms with Crippen molar-refractivity contribution < 1.29 is 0 Å². The Hall–Kier alpha value is -3.95. The Balaban J connectivity index is 1.41. The summed E-state index contributed by atoms with van der Waals surface area (Å²) in [5.41, 5.74) is 7.26. The van der Waals surface area contributed by atoms with E-state index in [0.29, 0.717) is 5.56 Å². The van der Waals surface area contributed by atoms with Crippen LogP contribution in [0.4, 0.5) is 11.4 Å². The molecule has 4 heterocycles. The Bertz CT molecular complexity index is 1370. The van der Waals surface area contributed by atoms with Crippen molar-refractivity contribution >= 4 is 34.4 Å². The molecule has 3 aromatic heterocycles. The van der Waals surface area contributed by atoms with Gasteiger partial charge in [-0.3, -0.25) is 14.9 Å². The Morgan fingerprint density at radius 3 is 2.82 bits per heavy atom. The molecule has 0 bridgehead atoms. The number of nitrogens with zero attached hydrogens (tertiary/aromatic N) is 4. The number of nitrogens with one attached hydrogen (secondary N) is 2. The maximum Gasteiger partial charge on any atom is 0.103 e. The van der Waals surface area contributed by atoms with Crippen molar-refractivity contribution in [1.29, 1.82) is 5.26 Å². The number of anilines is 2. The van der Waals surface area contributed by atoms with E-state index >= 15 is 0 Å². The van der Waals surface area contributed by atoms with Gasteiger partial charge in [-0.15, -0.1) is 0 Å². The summed E-state index contributed by atoms with van der Waals surface area (Å²) in [5.74, 6) is 0. The summed E-state index contributed by atoms with van der Waals surface area (Å²) < 4.78 is 0. The molecule has 34 heavy (non-hydrogen) atoms. The van der Waals surface area contributed by atoms with E-state index in [1.165, 1.54) is 19.3 Å². The molecule has 0 amide bonds. The van der Waals surface area contributed by atoms with Gasteiger partial charge in [0.1, 0.15) is 6.07 Å². The van der Waals surface area contributed by atoms with E-state index in [1.54, 1.807) is 12.4 Å². The molecule has 5 rings (SSSR count). The molecule has 0 aliphatic carbocycles. The highest BCUT2D eigenvalue weighted by atomic mass is 15.1. The van der Waals surface area contributed by atoms with Crippen molar-refractivity contribution in [3.8, 4) is 6.07 Å². The van der Waals surface area contributed by atoms with Crippen molar-refractivity contribution in [3.05, 3.63) is 83.1 Å². The second-order valence-corrected chi connectivity index (χ2v) is 8.79. The zero-order valence-electron chi connectivity index (χ0n) is 19.4. The molecule has 6 nitrogen and oxygen atoms in total. The fourth-order valence-electron chi connectivity index (χ4n) is 4.58. The van der Waals surface area contributed by atoms with E-state index in [-0.39, 0.29) is 0 Å². The number of benzene rings is 1. The summed E-state index contributed by atoms with van der Waals surface area (Å²) >= 11 is 0. The lowest BCUT2D eigenvalue weighted by molar-refractivity contribution is 0.218. The van der Waals surface area contributed by atoms with Gasteiger partial charge in [-0.25, -0.2) is 0 Å². The predicted molar refractivity (Wildman–Crippen MR) is 138 cm³/mol. The standard InChI is InChI=1S/C28H28N6/c1-20-25-12-13-31-27(25)11-10-26(20)33-28-21(17-30-18-22(28)16-29)8-9-23-6-5-7-24(32-23)19-34-14-3-2-4-15-34/h5-13,17-18,31H,2-4,14-15,19H2,1H3,(H,30,33)/b9-8+. The van der Waals surface area contributed by atoms with Crippen LogP contribution in [0.5, 0.6) is 0 Å². The van der Waals surface area contributed by atoms with E-state index in [2.05, 4.69) is 51.4 Å². The third-order valence-corrected chi connectivity index (χ3v) is 6.46. The maximum absolute atomic E-state index is 9.73. The van der Waals surface area contributed by atoms with Crippen molar-refractivity contribution in [1.82, 2.24) is 19.9 Å². The molecule has 1 aliphatic rings. The molecule has 0 spiro atoms. The van der Waals surface area contributed by atoms with E-state index < -0.39 is 0 Å². The molecule has 4 aromatic rings. The van der Waals surface area contributed by atoms with Gasteiger partial charge >= 0.3 is 0 Å². The minimum atomic E-state index is 0.502. The first-order valence-corrected chi connectivity index (χ1v) is 11.8. The van der Waals surface area contributed by atoms with Gasteiger partial charge in [0, 0.05) is 47.3 Å². The number of likely N-dealkylation sites (tertiary alicyclic amines) is 1. The lowest BCUT2D eigenvalue weighted by Crippen LogP contribution is -2.29. The van der Waals surface area contributed by atoms with Gasteiger partial charge in [0.15, 0.2) is 0 Å². The van der Waals surface area contributed by atoms with Crippen LogP contribution in [-0.2, 0) is 6.54 Å². The molecular formula is C28H28N6. The van der Waals surface area contributed by atoms with Crippen LogP contribution in [-0.4, -0.2) is 32.9 Å². The summed E-state index contributed by atoms with van der Waals surface area (Å²) in [6, 6.07) is 14.6. The highest BCUT2D eigenvalue weighted by Crippen LogP contribution is 2.31. The Morgan fingerprint density at radius 1 is 1.09 bits per heavy atom. The number of H-pyrrole nitrogens is 1. The largest absolute Gasteiger partial charge is 0.361 e. The van der Waals surface area contributed by atoms with Crippen LogP contribution < -0.4 is 5.32 Å². The number of pyridine rings is 2. The fraction of sp³-hybridized carbons (Fsp3) is 0.250. The van der Waals surface area contributed by atoms with Crippen LogP contribution >= 0.6 is 0 Å². The third-order valence-electron chi connectivity index (χ3n) is 6.46. The highest BCUT2D eigenvalue weighted by molar-refractivity contribution is 5.90. The van der Waals surface area contributed by atoms with Gasteiger partial charge in [0.25, 0.3) is 0 Å². The molecule has 1 aromatic carbocycles. The van der Waals surface area contributed by atoms with Gasteiger partial charge in [-0.2, -0.15) is 5.26 Å². The van der Waals surface area contributed by atoms with Crippen molar-refractivity contribution in [3.63, 3.8) is 0 Å². The smallest absolute Gasteiger partial charge is 0.103 e. The van der Waals surface area contributed by atoms with Gasteiger partial charge in [-0.1, -0.05) is 12.5 Å². The number of piperidine rings is 1. The molecule has 1 saturated heterocycles. The number of rotatable bonds is 6. The average Bonchev–Trinajstić information content (AvgIpc) is 3.35. The zero-order valence-corrected chi connectivity index (χ0v) is 19.4. The van der Waals surface area contributed by atoms with Crippen LogP contribution in [0.1, 0.15) is 47.3 Å². The Kier molecular flexibility index (Phi) is 6.37. The van der Waals surface area contributed by atoms with Gasteiger partial charge in [0.05, 0.1) is 22.6 Å². The van der Waals surface area contributed by atoms with Crippen LogP contribution in [0.25, 0.3) is 23.1 Å². The molecule has 0 atom stereocenters. The Labute approximate surface area is 200 Å². The average molecular weight is 449 g/mol. The number of aromatic amines is 1. The number of hydrogen-bond donors (Lipinski definition) is 2. The predicted octanol–water partition coefficient (Wildman–Crippen LogP) is 6.04. The SMILES string of the molecule is Cc1c(Nc2c(C#N)cncc2/C=C/c2cccc(CN3CCCCC3)n2)ccc2[nH]ccc12. The maximum atomic E-state index is 9.73. The summed E-state index contributed by atoms with van der Waals surface area (Å²) in [6.07, 6.45) is 13.2. The van der Waals surface area contributed by atoms with Crippen LogP contribution in [0.3, 0.4) is 0 Å². The lowest BCUT2D eigenvalue weighted by atomic mass is 10.1. The molecule has 6 heteroatoms. The van der Waals surface area contributed by atoms with Gasteiger partial charge < -0.3 is 10.3 Å². The quantitative estimate of drug-likeness (QED) is 0.376. The minimum Gasteiger partial charge on any atom is -0.361 e. The van der Waals surface area contributed by atoms with Crippen LogP contribution in [0.2, 0.25) is 0 Å². The molecule has 170 valence electrons. The first-order valence-electron chi connectivity index (χ1n) is 11.8.